The van der Waals surface area contributed by atoms with Crippen LogP contribution in [-0.4, -0.2) is 28.4 Å². The Morgan fingerprint density at radius 1 is 1.44 bits per heavy atom. The van der Waals surface area contributed by atoms with E-state index < -0.39 is 0 Å². The van der Waals surface area contributed by atoms with E-state index in [0.717, 1.165) is 12.8 Å². The number of thioether (sulfide) groups is 1. The Bertz CT molecular complexity index is 382. The van der Waals surface area contributed by atoms with Crippen molar-refractivity contribution >= 4 is 29.3 Å². The van der Waals surface area contributed by atoms with Crippen molar-refractivity contribution in [3.63, 3.8) is 0 Å². The molecule has 0 aromatic carbocycles. The van der Waals surface area contributed by atoms with Gasteiger partial charge in [0.2, 0.25) is 0 Å². The third-order valence-corrected chi connectivity index (χ3v) is 5.09. The summed E-state index contributed by atoms with van der Waals surface area (Å²) in [5.41, 5.74) is 0.543. The molecule has 1 aromatic heterocycles. The second-order valence-corrected chi connectivity index (χ2v) is 5.81. The van der Waals surface area contributed by atoms with Gasteiger partial charge in [-0.1, -0.05) is 25.4 Å². The van der Waals surface area contributed by atoms with Crippen molar-refractivity contribution in [1.29, 1.82) is 0 Å². The van der Waals surface area contributed by atoms with Crippen molar-refractivity contribution in [2.24, 2.45) is 0 Å². The molecule has 0 radical (unpaired) electrons. The first-order valence-corrected chi connectivity index (χ1v) is 7.62. The zero-order valence-corrected chi connectivity index (χ0v) is 12.6. The normalized spacial score (nSPS) is 11.3. The number of nitrogens with zero attached hydrogens (tertiary/aromatic N) is 1. The number of pyridine rings is 1. The minimum absolute atomic E-state index is 0.0977. The number of amides is 1. The minimum Gasteiger partial charge on any atom is -0.351 e. The van der Waals surface area contributed by atoms with Crippen LogP contribution in [0.15, 0.2) is 18.3 Å². The molecule has 18 heavy (non-hydrogen) atoms. The molecule has 0 aliphatic carbocycles. The number of halogens is 1. The Kier molecular flexibility index (Phi) is 5.96. The predicted molar refractivity (Wildman–Crippen MR) is 78.4 cm³/mol. The van der Waals surface area contributed by atoms with Gasteiger partial charge in [-0.05, 0) is 31.2 Å². The smallest absolute Gasteiger partial charge is 0.252 e. The molecule has 0 spiro atoms. The molecule has 1 amide bonds. The van der Waals surface area contributed by atoms with Crippen LogP contribution in [0.1, 0.15) is 37.0 Å². The van der Waals surface area contributed by atoms with Crippen molar-refractivity contribution in [2.75, 3.05) is 12.8 Å². The van der Waals surface area contributed by atoms with E-state index in [1.165, 1.54) is 6.20 Å². The Balaban J connectivity index is 2.63. The average molecular weight is 287 g/mol. The summed E-state index contributed by atoms with van der Waals surface area (Å²) in [6.07, 6.45) is 5.65. The van der Waals surface area contributed by atoms with E-state index in [2.05, 4.69) is 30.4 Å². The van der Waals surface area contributed by atoms with E-state index in [-0.39, 0.29) is 10.7 Å². The minimum atomic E-state index is -0.0977. The third-order valence-electron chi connectivity index (χ3n) is 3.28. The van der Waals surface area contributed by atoms with Crippen LogP contribution in [0.4, 0.5) is 0 Å². The van der Waals surface area contributed by atoms with E-state index in [0.29, 0.717) is 17.3 Å². The van der Waals surface area contributed by atoms with Crippen molar-refractivity contribution in [2.45, 2.75) is 31.4 Å². The van der Waals surface area contributed by atoms with Gasteiger partial charge in [0.1, 0.15) is 5.15 Å². The Labute approximate surface area is 118 Å². The van der Waals surface area contributed by atoms with Gasteiger partial charge in [-0.25, -0.2) is 4.98 Å². The van der Waals surface area contributed by atoms with Gasteiger partial charge in [0.05, 0.1) is 5.56 Å². The number of nitrogens with one attached hydrogen (secondary N) is 1. The highest BCUT2D eigenvalue weighted by Gasteiger charge is 2.25. The lowest BCUT2D eigenvalue weighted by Gasteiger charge is -2.29. The van der Waals surface area contributed by atoms with Gasteiger partial charge in [-0.15, -0.1) is 0 Å². The summed E-state index contributed by atoms with van der Waals surface area (Å²) >= 11 is 7.49. The Hall–Kier alpha value is -0.740. The fourth-order valence-corrected chi connectivity index (χ4v) is 2.62. The van der Waals surface area contributed by atoms with Crippen LogP contribution in [0.2, 0.25) is 5.15 Å². The number of carbonyl (C=O) groups is 1. The fraction of sp³-hybridized carbons (Fsp3) is 0.538. The van der Waals surface area contributed by atoms with E-state index >= 15 is 0 Å². The molecule has 0 saturated carbocycles. The van der Waals surface area contributed by atoms with Crippen LogP contribution in [0.5, 0.6) is 0 Å². The van der Waals surface area contributed by atoms with Crippen molar-refractivity contribution in [3.8, 4) is 0 Å². The highest BCUT2D eigenvalue weighted by molar-refractivity contribution is 8.00. The van der Waals surface area contributed by atoms with Gasteiger partial charge in [0.25, 0.3) is 5.91 Å². The van der Waals surface area contributed by atoms with E-state index in [4.69, 9.17) is 11.6 Å². The number of hydrogen-bond acceptors (Lipinski definition) is 3. The molecule has 1 N–H and O–H groups in total. The first kappa shape index (κ1) is 15.3. The van der Waals surface area contributed by atoms with E-state index in [1.807, 2.05) is 0 Å². The summed E-state index contributed by atoms with van der Waals surface area (Å²) < 4.78 is 0.121. The summed E-state index contributed by atoms with van der Waals surface area (Å²) in [5, 5.41) is 3.36. The van der Waals surface area contributed by atoms with Gasteiger partial charge >= 0.3 is 0 Å². The summed E-state index contributed by atoms with van der Waals surface area (Å²) in [7, 11) is 0. The number of aromatic nitrogens is 1. The van der Waals surface area contributed by atoms with Crippen molar-refractivity contribution < 1.29 is 4.79 Å². The van der Waals surface area contributed by atoms with Crippen LogP contribution in [0.25, 0.3) is 0 Å². The van der Waals surface area contributed by atoms with Gasteiger partial charge < -0.3 is 5.32 Å². The van der Waals surface area contributed by atoms with Crippen LogP contribution >= 0.6 is 23.4 Å². The lowest BCUT2D eigenvalue weighted by atomic mass is 10.0. The summed E-state index contributed by atoms with van der Waals surface area (Å²) in [4.78, 5) is 15.9. The molecular weight excluding hydrogens is 268 g/mol. The zero-order chi connectivity index (χ0) is 13.6. The molecule has 100 valence electrons. The number of carbonyl (C=O) groups excluding carboxylic acids is 1. The van der Waals surface area contributed by atoms with Crippen LogP contribution < -0.4 is 5.32 Å². The third kappa shape index (κ3) is 3.89. The molecule has 0 atom stereocenters. The molecule has 0 fully saturated rings. The SMILES string of the molecule is CCC(CC)(CNC(=O)c1ccc(Cl)nc1)SC. The first-order chi connectivity index (χ1) is 8.56. The van der Waals surface area contributed by atoms with Crippen LogP contribution in [0.3, 0.4) is 0 Å². The molecule has 1 aromatic rings. The predicted octanol–water partition coefficient (Wildman–Crippen LogP) is 3.39. The average Bonchev–Trinajstić information content (AvgIpc) is 2.41. The maximum Gasteiger partial charge on any atom is 0.252 e. The monoisotopic (exact) mass is 286 g/mol. The van der Waals surface area contributed by atoms with Gasteiger partial charge in [-0.3, -0.25) is 4.79 Å². The lowest BCUT2D eigenvalue weighted by Crippen LogP contribution is -2.39. The Morgan fingerprint density at radius 3 is 2.56 bits per heavy atom. The summed E-state index contributed by atoms with van der Waals surface area (Å²) in [5.74, 6) is -0.0977. The largest absolute Gasteiger partial charge is 0.351 e. The van der Waals surface area contributed by atoms with Gasteiger partial charge in [0, 0.05) is 17.5 Å². The molecule has 0 aliphatic rings. The number of hydrogen-bond donors (Lipinski definition) is 1. The summed E-state index contributed by atoms with van der Waals surface area (Å²) in [6, 6.07) is 3.31. The second kappa shape index (κ2) is 7.00. The molecular formula is C13H19ClN2OS. The molecule has 0 unspecified atom stereocenters. The standard InChI is InChI=1S/C13H19ClN2OS/c1-4-13(5-2,18-3)9-16-12(17)10-6-7-11(14)15-8-10/h6-8H,4-5,9H2,1-3H3,(H,16,17). The lowest BCUT2D eigenvalue weighted by molar-refractivity contribution is 0.0948. The quantitative estimate of drug-likeness (QED) is 0.815. The second-order valence-electron chi connectivity index (χ2n) is 4.15. The molecule has 3 nitrogen and oxygen atoms in total. The molecule has 0 saturated heterocycles. The van der Waals surface area contributed by atoms with Crippen molar-refractivity contribution in [1.82, 2.24) is 10.3 Å². The first-order valence-electron chi connectivity index (χ1n) is 6.02. The van der Waals surface area contributed by atoms with Gasteiger partial charge in [-0.2, -0.15) is 11.8 Å². The maximum atomic E-state index is 11.9. The van der Waals surface area contributed by atoms with E-state index in [9.17, 15) is 4.79 Å². The highest BCUT2D eigenvalue weighted by Crippen LogP contribution is 2.29. The fourth-order valence-electron chi connectivity index (χ4n) is 1.71. The van der Waals surface area contributed by atoms with Crippen molar-refractivity contribution in [3.05, 3.63) is 29.0 Å². The highest BCUT2D eigenvalue weighted by atomic mass is 35.5. The van der Waals surface area contributed by atoms with Gasteiger partial charge in [0.15, 0.2) is 0 Å². The molecule has 1 heterocycles. The van der Waals surface area contributed by atoms with Crippen LogP contribution in [0, 0.1) is 0 Å². The van der Waals surface area contributed by atoms with Crippen LogP contribution in [-0.2, 0) is 0 Å². The topological polar surface area (TPSA) is 42.0 Å². The summed E-state index contributed by atoms with van der Waals surface area (Å²) in [6.45, 7) is 4.97. The molecule has 0 aliphatic heterocycles. The Morgan fingerprint density at radius 2 is 2.11 bits per heavy atom. The molecule has 5 heteroatoms. The molecule has 0 bridgehead atoms. The number of rotatable bonds is 6. The maximum absolute atomic E-state index is 11.9. The zero-order valence-electron chi connectivity index (χ0n) is 11.0. The van der Waals surface area contributed by atoms with E-state index in [1.54, 1.807) is 23.9 Å². The molecule has 1 rings (SSSR count).